The van der Waals surface area contributed by atoms with Crippen LogP contribution in [0.25, 0.3) is 0 Å². The molecule has 0 aromatic rings. The van der Waals surface area contributed by atoms with Crippen molar-refractivity contribution in [2.75, 3.05) is 13.6 Å². The molecule has 2 rings (SSSR count). The molecule has 3 unspecified atom stereocenters. The van der Waals surface area contributed by atoms with Crippen molar-refractivity contribution in [1.29, 1.82) is 0 Å². The molecule has 7 heteroatoms. The number of nitrogens with two attached hydrogens (primary N) is 1. The second-order valence-corrected chi connectivity index (χ2v) is 6.33. The van der Waals surface area contributed by atoms with Crippen LogP contribution in [0.3, 0.4) is 0 Å². The van der Waals surface area contributed by atoms with E-state index in [1.165, 1.54) is 24.2 Å². The van der Waals surface area contributed by atoms with Gasteiger partial charge in [0, 0.05) is 13.6 Å². The summed E-state index contributed by atoms with van der Waals surface area (Å²) in [7, 11) is 1.66. The van der Waals surface area contributed by atoms with Crippen LogP contribution in [0, 0.1) is 17.8 Å². The van der Waals surface area contributed by atoms with Crippen LogP contribution in [0.2, 0.25) is 0 Å². The van der Waals surface area contributed by atoms with Gasteiger partial charge in [-0.25, -0.2) is 9.59 Å². The van der Waals surface area contributed by atoms with E-state index in [4.69, 9.17) is 10.8 Å². The molecule has 0 aromatic heterocycles. The Labute approximate surface area is 123 Å². The van der Waals surface area contributed by atoms with Crippen molar-refractivity contribution in [3.8, 4) is 0 Å². The number of primary amides is 1. The van der Waals surface area contributed by atoms with E-state index >= 15 is 0 Å². The highest BCUT2D eigenvalue weighted by Crippen LogP contribution is 2.48. The van der Waals surface area contributed by atoms with Crippen LogP contribution in [0.1, 0.15) is 32.1 Å². The van der Waals surface area contributed by atoms with Crippen LogP contribution in [-0.2, 0) is 9.59 Å². The number of nitrogens with one attached hydrogen (secondary N) is 1. The number of fused-ring (bicyclic) bond motifs is 2. The number of amides is 3. The molecule has 0 heterocycles. The summed E-state index contributed by atoms with van der Waals surface area (Å²) in [5.74, 6) is 0.0112. The molecule has 2 saturated carbocycles. The molecule has 2 aliphatic carbocycles. The Morgan fingerprint density at radius 3 is 2.52 bits per heavy atom. The maximum atomic E-state index is 12.0. The number of hydrogen-bond acceptors (Lipinski definition) is 3. The van der Waals surface area contributed by atoms with E-state index in [1.54, 1.807) is 7.05 Å². The molecule has 0 radical (unpaired) electrons. The second kappa shape index (κ2) is 6.32. The van der Waals surface area contributed by atoms with Crippen molar-refractivity contribution in [2.24, 2.45) is 23.5 Å². The van der Waals surface area contributed by atoms with Crippen molar-refractivity contribution in [2.45, 2.75) is 38.1 Å². The molecule has 0 aromatic carbocycles. The molecule has 0 saturated heterocycles. The minimum Gasteiger partial charge on any atom is -0.480 e. The summed E-state index contributed by atoms with van der Waals surface area (Å²) in [6, 6.07) is -1.73. The fraction of sp³-hybridized carbons (Fsp3) is 0.786. The standard InChI is InChI=1S/C14H23N3O4/c1-17(7-10-5-8-2-3-9(10)4-8)14(21)16-11(13(19)20)6-12(15)18/h8-11H,2-7H2,1H3,(H2,15,18)(H,16,21)(H,19,20)/t8?,9?,10?,11-/m1/s1. The Bertz CT molecular complexity index is 440. The van der Waals surface area contributed by atoms with Gasteiger partial charge in [-0.15, -0.1) is 0 Å². The molecule has 2 bridgehead atoms. The fourth-order valence-electron chi connectivity index (χ4n) is 3.70. The zero-order valence-corrected chi connectivity index (χ0v) is 12.2. The third-order valence-corrected chi connectivity index (χ3v) is 4.74. The van der Waals surface area contributed by atoms with Crippen LogP contribution < -0.4 is 11.1 Å². The zero-order chi connectivity index (χ0) is 15.6. The van der Waals surface area contributed by atoms with Crippen molar-refractivity contribution in [1.82, 2.24) is 10.2 Å². The molecule has 7 nitrogen and oxygen atoms in total. The Balaban J connectivity index is 1.83. The molecule has 2 aliphatic rings. The third kappa shape index (κ3) is 3.86. The van der Waals surface area contributed by atoms with Crippen molar-refractivity contribution in [3.05, 3.63) is 0 Å². The van der Waals surface area contributed by atoms with Crippen LogP contribution >= 0.6 is 0 Å². The van der Waals surface area contributed by atoms with Crippen LogP contribution in [0.4, 0.5) is 4.79 Å². The SMILES string of the molecule is CN(CC1CC2CCC1C2)C(=O)N[C@H](CC(N)=O)C(=O)O. The maximum absolute atomic E-state index is 12.0. The average molecular weight is 297 g/mol. The van der Waals surface area contributed by atoms with Gasteiger partial charge in [0.2, 0.25) is 5.91 Å². The van der Waals surface area contributed by atoms with E-state index in [0.29, 0.717) is 18.4 Å². The number of carboxylic acids is 1. The van der Waals surface area contributed by atoms with E-state index in [9.17, 15) is 14.4 Å². The number of nitrogens with zero attached hydrogens (tertiary/aromatic N) is 1. The first kappa shape index (κ1) is 15.6. The van der Waals surface area contributed by atoms with E-state index < -0.39 is 30.4 Å². The van der Waals surface area contributed by atoms with E-state index in [1.807, 2.05) is 0 Å². The largest absolute Gasteiger partial charge is 0.480 e. The lowest BCUT2D eigenvalue weighted by Gasteiger charge is -2.28. The van der Waals surface area contributed by atoms with Crippen LogP contribution in [-0.4, -0.2) is 47.5 Å². The van der Waals surface area contributed by atoms with Gasteiger partial charge in [-0.2, -0.15) is 0 Å². The number of carboxylic acid groups (broad SMARTS) is 1. The van der Waals surface area contributed by atoms with E-state index in [2.05, 4.69) is 5.32 Å². The Morgan fingerprint density at radius 1 is 1.33 bits per heavy atom. The smallest absolute Gasteiger partial charge is 0.326 e. The molecular formula is C14H23N3O4. The highest BCUT2D eigenvalue weighted by molar-refractivity contribution is 5.87. The first-order chi connectivity index (χ1) is 9.86. The molecule has 3 amide bonds. The van der Waals surface area contributed by atoms with E-state index in [-0.39, 0.29) is 0 Å². The predicted octanol–water partition coefficient (Wildman–Crippen LogP) is 0.393. The maximum Gasteiger partial charge on any atom is 0.326 e. The normalized spacial score (nSPS) is 28.1. The number of carbonyl (C=O) groups excluding carboxylic acids is 2. The lowest BCUT2D eigenvalue weighted by atomic mass is 9.88. The summed E-state index contributed by atoms with van der Waals surface area (Å²) in [6.07, 6.45) is 4.57. The van der Waals surface area contributed by atoms with Gasteiger partial charge in [0.15, 0.2) is 0 Å². The number of rotatable bonds is 6. The van der Waals surface area contributed by atoms with Gasteiger partial charge in [-0.3, -0.25) is 4.79 Å². The summed E-state index contributed by atoms with van der Waals surface area (Å²) in [5.41, 5.74) is 4.99. The summed E-state index contributed by atoms with van der Waals surface area (Å²) >= 11 is 0. The number of hydrogen-bond donors (Lipinski definition) is 3. The summed E-state index contributed by atoms with van der Waals surface area (Å²) < 4.78 is 0. The van der Waals surface area contributed by atoms with Crippen LogP contribution in [0.15, 0.2) is 0 Å². The molecule has 4 atom stereocenters. The summed E-state index contributed by atoms with van der Waals surface area (Å²) in [6.45, 7) is 0.635. The van der Waals surface area contributed by atoms with Gasteiger partial charge in [0.05, 0.1) is 6.42 Å². The first-order valence-electron chi connectivity index (χ1n) is 7.39. The lowest BCUT2D eigenvalue weighted by Crippen LogP contribution is -2.49. The number of urea groups is 1. The number of aliphatic carboxylic acids is 1. The molecular weight excluding hydrogens is 274 g/mol. The molecule has 0 spiro atoms. The van der Waals surface area contributed by atoms with Crippen molar-refractivity contribution in [3.63, 3.8) is 0 Å². The third-order valence-electron chi connectivity index (χ3n) is 4.74. The Kier molecular flexibility index (Phi) is 4.69. The topological polar surface area (TPSA) is 113 Å². The number of carbonyl (C=O) groups is 3. The lowest BCUT2D eigenvalue weighted by molar-refractivity contribution is -0.140. The molecule has 21 heavy (non-hydrogen) atoms. The van der Waals surface area contributed by atoms with Gasteiger partial charge in [-0.1, -0.05) is 6.42 Å². The molecule has 4 N–H and O–H groups in total. The quantitative estimate of drug-likeness (QED) is 0.658. The highest BCUT2D eigenvalue weighted by Gasteiger charge is 2.40. The van der Waals surface area contributed by atoms with Gasteiger partial charge in [0.25, 0.3) is 0 Å². The van der Waals surface area contributed by atoms with E-state index in [0.717, 1.165) is 12.3 Å². The van der Waals surface area contributed by atoms with Gasteiger partial charge >= 0.3 is 12.0 Å². The van der Waals surface area contributed by atoms with Gasteiger partial charge in [0.1, 0.15) is 6.04 Å². The minimum atomic E-state index is -1.27. The Hall–Kier alpha value is -1.79. The van der Waals surface area contributed by atoms with Crippen molar-refractivity contribution < 1.29 is 19.5 Å². The van der Waals surface area contributed by atoms with Gasteiger partial charge < -0.3 is 21.1 Å². The highest BCUT2D eigenvalue weighted by atomic mass is 16.4. The fourth-order valence-corrected chi connectivity index (χ4v) is 3.70. The zero-order valence-electron chi connectivity index (χ0n) is 12.2. The Morgan fingerprint density at radius 2 is 2.05 bits per heavy atom. The monoisotopic (exact) mass is 297 g/mol. The summed E-state index contributed by atoms with van der Waals surface area (Å²) in [4.78, 5) is 35.4. The molecule has 2 fully saturated rings. The first-order valence-corrected chi connectivity index (χ1v) is 7.39. The molecule has 118 valence electrons. The average Bonchev–Trinajstić information content (AvgIpc) is 2.99. The van der Waals surface area contributed by atoms with Crippen molar-refractivity contribution >= 4 is 17.9 Å². The second-order valence-electron chi connectivity index (χ2n) is 6.33. The van der Waals surface area contributed by atoms with Gasteiger partial charge in [-0.05, 0) is 37.0 Å². The summed E-state index contributed by atoms with van der Waals surface area (Å²) in [5, 5.41) is 11.3. The minimum absolute atomic E-state index is 0.400. The molecule has 0 aliphatic heterocycles. The predicted molar refractivity (Wildman–Crippen MR) is 75.3 cm³/mol. The van der Waals surface area contributed by atoms with Crippen LogP contribution in [0.5, 0.6) is 0 Å².